The fourth-order valence-electron chi connectivity index (χ4n) is 4.60. The number of rotatable bonds is 3. The Morgan fingerprint density at radius 2 is 1.58 bits per heavy atom. The highest BCUT2D eigenvalue weighted by molar-refractivity contribution is 5.64. The maximum atomic E-state index is 2.67. The van der Waals surface area contributed by atoms with Crippen LogP contribution < -0.4 is 4.90 Å². The van der Waals surface area contributed by atoms with Gasteiger partial charge in [-0.1, -0.05) is 69.3 Å². The van der Waals surface area contributed by atoms with Crippen LogP contribution in [-0.4, -0.2) is 12.1 Å². The Kier molecular flexibility index (Phi) is 4.23. The number of anilines is 1. The van der Waals surface area contributed by atoms with Crippen molar-refractivity contribution in [2.45, 2.75) is 64.8 Å². The van der Waals surface area contributed by atoms with Crippen LogP contribution >= 0.6 is 0 Å². The van der Waals surface area contributed by atoms with Gasteiger partial charge in [0.05, 0.1) is 0 Å². The van der Waals surface area contributed by atoms with Crippen molar-refractivity contribution in [2.75, 3.05) is 11.4 Å². The second-order valence-electron chi connectivity index (χ2n) is 8.67. The van der Waals surface area contributed by atoms with Gasteiger partial charge in [0, 0.05) is 23.2 Å². The van der Waals surface area contributed by atoms with Crippen molar-refractivity contribution in [3.8, 4) is 0 Å². The molecule has 0 aromatic heterocycles. The van der Waals surface area contributed by atoms with E-state index in [4.69, 9.17) is 0 Å². The molecule has 0 bridgehead atoms. The molecule has 2 aromatic rings. The second kappa shape index (κ2) is 5.95. The highest BCUT2D eigenvalue weighted by atomic mass is 15.2. The first-order valence-corrected chi connectivity index (χ1v) is 9.17. The molecule has 1 atom stereocenters. The predicted molar refractivity (Wildman–Crippen MR) is 105 cm³/mol. The monoisotopic (exact) mass is 321 g/mol. The zero-order valence-corrected chi connectivity index (χ0v) is 16.1. The van der Waals surface area contributed by atoms with Gasteiger partial charge in [-0.05, 0) is 49.8 Å². The molecule has 1 heterocycles. The summed E-state index contributed by atoms with van der Waals surface area (Å²) in [5, 5.41) is 0. The molecule has 0 saturated carbocycles. The van der Waals surface area contributed by atoms with E-state index in [-0.39, 0.29) is 11.0 Å². The molecule has 0 spiro atoms. The lowest BCUT2D eigenvalue weighted by Crippen LogP contribution is -2.39. The van der Waals surface area contributed by atoms with Crippen LogP contribution in [0.3, 0.4) is 0 Å². The number of hydrogen-bond acceptors (Lipinski definition) is 1. The Morgan fingerprint density at radius 1 is 0.917 bits per heavy atom. The summed E-state index contributed by atoms with van der Waals surface area (Å²) in [4.78, 5) is 2.67. The Morgan fingerprint density at radius 3 is 2.21 bits per heavy atom. The molecule has 0 radical (unpaired) electrons. The summed E-state index contributed by atoms with van der Waals surface area (Å²) >= 11 is 0. The minimum absolute atomic E-state index is 0.153. The Hall–Kier alpha value is -1.76. The van der Waals surface area contributed by atoms with Crippen molar-refractivity contribution in [2.24, 2.45) is 0 Å². The van der Waals surface area contributed by atoms with Crippen LogP contribution in [0.25, 0.3) is 0 Å². The lowest BCUT2D eigenvalue weighted by atomic mass is 9.78. The maximum absolute atomic E-state index is 2.67. The molecule has 0 unspecified atom stereocenters. The van der Waals surface area contributed by atoms with Gasteiger partial charge in [-0.3, -0.25) is 0 Å². The zero-order valence-electron chi connectivity index (χ0n) is 16.1. The lowest BCUT2D eigenvalue weighted by molar-refractivity contribution is 0.444. The Bertz CT molecular complexity index is 714. The lowest BCUT2D eigenvalue weighted by Gasteiger charge is -2.37. The van der Waals surface area contributed by atoms with Gasteiger partial charge in [0.2, 0.25) is 0 Å². The largest absolute Gasteiger partial charge is 0.365 e. The average molecular weight is 322 g/mol. The fourth-order valence-corrected chi connectivity index (χ4v) is 4.60. The average Bonchev–Trinajstić information content (AvgIpc) is 2.78. The normalized spacial score (nSPS) is 23.0. The molecule has 3 rings (SSSR count). The van der Waals surface area contributed by atoms with Crippen LogP contribution in [0.2, 0.25) is 0 Å². The van der Waals surface area contributed by atoms with Gasteiger partial charge in [0.1, 0.15) is 0 Å². The molecule has 1 saturated heterocycles. The summed E-state index contributed by atoms with van der Waals surface area (Å²) in [6, 6.07) is 17.8. The summed E-state index contributed by atoms with van der Waals surface area (Å²) in [5.74, 6) is 0.541. The molecule has 0 aliphatic carbocycles. The third-order valence-corrected chi connectivity index (χ3v) is 5.69. The van der Waals surface area contributed by atoms with E-state index < -0.39 is 0 Å². The van der Waals surface area contributed by atoms with Gasteiger partial charge >= 0.3 is 0 Å². The first-order chi connectivity index (χ1) is 11.2. The van der Waals surface area contributed by atoms with Gasteiger partial charge in [-0.25, -0.2) is 0 Å². The summed E-state index contributed by atoms with van der Waals surface area (Å²) in [6.07, 6.45) is 1.18. The number of benzene rings is 2. The molecule has 128 valence electrons. The van der Waals surface area contributed by atoms with Crippen LogP contribution in [0.1, 0.15) is 63.6 Å². The molecule has 1 fully saturated rings. The zero-order chi connectivity index (χ0) is 17.5. The molecule has 2 aromatic carbocycles. The molecule has 24 heavy (non-hydrogen) atoms. The van der Waals surface area contributed by atoms with E-state index >= 15 is 0 Å². The number of aryl methyl sites for hydroxylation is 1. The van der Waals surface area contributed by atoms with Crippen molar-refractivity contribution >= 4 is 5.69 Å². The van der Waals surface area contributed by atoms with Crippen LogP contribution in [0.15, 0.2) is 48.5 Å². The molecule has 0 N–H and O–H groups in total. The smallest absolute Gasteiger partial charge is 0.0435 e. The minimum Gasteiger partial charge on any atom is -0.365 e. The van der Waals surface area contributed by atoms with Crippen molar-refractivity contribution in [3.05, 3.63) is 65.2 Å². The van der Waals surface area contributed by atoms with E-state index in [1.54, 1.807) is 0 Å². The topological polar surface area (TPSA) is 3.24 Å². The number of para-hydroxylation sites is 1. The van der Waals surface area contributed by atoms with Crippen LogP contribution in [0.5, 0.6) is 0 Å². The van der Waals surface area contributed by atoms with Crippen molar-refractivity contribution in [1.29, 1.82) is 0 Å². The van der Waals surface area contributed by atoms with Gasteiger partial charge in [-0.15, -0.1) is 0 Å². The standard InChI is InChI=1S/C23H31N/c1-17(2)20-14-10-11-18(3)21(20)24-16-23(6,15-22(24,4)5)19-12-8-7-9-13-19/h7-14,17H,15-16H2,1-6H3/t23-/m1/s1. The minimum atomic E-state index is 0.153. The second-order valence-corrected chi connectivity index (χ2v) is 8.67. The van der Waals surface area contributed by atoms with E-state index in [0.29, 0.717) is 5.92 Å². The van der Waals surface area contributed by atoms with Gasteiger partial charge in [0.15, 0.2) is 0 Å². The van der Waals surface area contributed by atoms with E-state index in [1.807, 2.05) is 0 Å². The van der Waals surface area contributed by atoms with Crippen LogP contribution in [0, 0.1) is 6.92 Å². The van der Waals surface area contributed by atoms with Gasteiger partial charge < -0.3 is 4.90 Å². The van der Waals surface area contributed by atoms with Crippen molar-refractivity contribution in [3.63, 3.8) is 0 Å². The van der Waals surface area contributed by atoms with E-state index in [2.05, 4.69) is 95.0 Å². The molecule has 1 heteroatoms. The molecule has 0 amide bonds. The van der Waals surface area contributed by atoms with Gasteiger partial charge in [-0.2, -0.15) is 0 Å². The molecule has 1 aliphatic heterocycles. The summed E-state index contributed by atoms with van der Waals surface area (Å²) in [6.45, 7) is 15.2. The van der Waals surface area contributed by atoms with E-state index in [9.17, 15) is 0 Å². The summed E-state index contributed by atoms with van der Waals surface area (Å²) in [5.41, 5.74) is 6.13. The first-order valence-electron chi connectivity index (χ1n) is 9.17. The third-order valence-electron chi connectivity index (χ3n) is 5.69. The maximum Gasteiger partial charge on any atom is 0.0435 e. The fraction of sp³-hybridized carbons (Fsp3) is 0.478. The van der Waals surface area contributed by atoms with E-state index in [1.165, 1.54) is 28.8 Å². The van der Waals surface area contributed by atoms with Crippen molar-refractivity contribution < 1.29 is 0 Å². The molecular formula is C23H31N. The highest BCUT2D eigenvalue weighted by Gasteiger charge is 2.47. The summed E-state index contributed by atoms with van der Waals surface area (Å²) in [7, 11) is 0. The van der Waals surface area contributed by atoms with Gasteiger partial charge in [0.25, 0.3) is 0 Å². The summed E-state index contributed by atoms with van der Waals surface area (Å²) < 4.78 is 0. The van der Waals surface area contributed by atoms with E-state index in [0.717, 1.165) is 6.54 Å². The predicted octanol–water partition coefficient (Wildman–Crippen LogP) is 6.07. The quantitative estimate of drug-likeness (QED) is 0.663. The molecular weight excluding hydrogens is 290 g/mol. The number of hydrogen-bond donors (Lipinski definition) is 0. The number of nitrogens with zero attached hydrogens (tertiary/aromatic N) is 1. The van der Waals surface area contributed by atoms with Crippen molar-refractivity contribution in [1.82, 2.24) is 0 Å². The molecule has 1 aliphatic rings. The third kappa shape index (κ3) is 2.85. The first kappa shape index (κ1) is 17.1. The van der Waals surface area contributed by atoms with Crippen LogP contribution in [0.4, 0.5) is 5.69 Å². The Balaban J connectivity index is 2.07. The molecule has 1 nitrogen and oxygen atoms in total. The SMILES string of the molecule is Cc1cccc(C(C)C)c1N1C[C@](C)(c2ccccc2)CC1(C)C. The Labute approximate surface area is 147 Å². The highest BCUT2D eigenvalue weighted by Crippen LogP contribution is 2.47. The van der Waals surface area contributed by atoms with Crippen LogP contribution in [-0.2, 0) is 5.41 Å².